The third-order valence-electron chi connectivity index (χ3n) is 17.9. The number of nitrogens with one attached hydrogen (secondary N) is 2. The summed E-state index contributed by atoms with van der Waals surface area (Å²) in [6.07, 6.45) is 25.7. The van der Waals surface area contributed by atoms with Crippen molar-refractivity contribution in [3.8, 4) is 0 Å². The number of hydrogen-bond donors (Lipinski definition) is 4. The number of nitrogens with zero attached hydrogens (tertiary/aromatic N) is 2. The third-order valence-corrected chi connectivity index (χ3v) is 18.8. The number of aliphatic hydroxyl groups is 2. The Morgan fingerprint density at radius 2 is 1.61 bits per heavy atom. The predicted molar refractivity (Wildman–Crippen MR) is 312 cm³/mol. The second-order valence-corrected chi connectivity index (χ2v) is 25.5. The van der Waals surface area contributed by atoms with Gasteiger partial charge in [0.2, 0.25) is 0 Å². The first kappa shape index (κ1) is 64.1. The van der Waals surface area contributed by atoms with Crippen LogP contribution in [0.5, 0.6) is 0 Å². The minimum atomic E-state index is -2.01. The molecule has 4 aliphatic carbocycles. The lowest BCUT2D eigenvalue weighted by atomic mass is 9.44. The Bertz CT molecular complexity index is 2570. The number of carbonyl (C=O) groups is 5. The number of amides is 2. The molecule has 0 spiro atoms. The fraction of sp³-hybridized carbons (Fsp3) is 0.656. The molecular formula is C64H93FN4O10S. The second-order valence-electron chi connectivity index (χ2n) is 24.6. The molecule has 0 aromatic carbocycles. The number of alkyl halides is 1. The van der Waals surface area contributed by atoms with E-state index in [9.17, 15) is 34.2 Å². The molecule has 0 radical (unpaired) electrons. The minimum absolute atomic E-state index is 0.0363. The van der Waals surface area contributed by atoms with E-state index >= 15 is 4.39 Å². The number of halogens is 1. The van der Waals surface area contributed by atoms with Gasteiger partial charge in [-0.05, 0) is 124 Å². The molecule has 0 saturated heterocycles. The highest BCUT2D eigenvalue weighted by Gasteiger charge is 2.75. The number of allylic oxidation sites excluding steroid dienone is 10. The second kappa shape index (κ2) is 28.8. The number of rotatable bonds is 19. The highest BCUT2D eigenvalue weighted by atomic mass is 32.1. The number of esters is 2. The fourth-order valence-corrected chi connectivity index (χ4v) is 14.4. The van der Waals surface area contributed by atoms with Crippen molar-refractivity contribution in [2.45, 2.75) is 206 Å². The van der Waals surface area contributed by atoms with E-state index in [2.05, 4.69) is 28.5 Å². The van der Waals surface area contributed by atoms with Crippen LogP contribution in [0.25, 0.3) is 0 Å². The van der Waals surface area contributed by atoms with Crippen molar-refractivity contribution in [2.75, 3.05) is 33.8 Å². The molecule has 14 nitrogen and oxygen atoms in total. The van der Waals surface area contributed by atoms with E-state index in [0.29, 0.717) is 57.1 Å². The van der Waals surface area contributed by atoms with Crippen molar-refractivity contribution in [2.24, 2.45) is 28.6 Å². The van der Waals surface area contributed by atoms with E-state index in [4.69, 9.17) is 19.2 Å². The molecule has 442 valence electrons. The summed E-state index contributed by atoms with van der Waals surface area (Å²) >= 11 is 1.48. The molecule has 80 heavy (non-hydrogen) atoms. The van der Waals surface area contributed by atoms with Crippen molar-refractivity contribution in [1.29, 1.82) is 0 Å². The summed E-state index contributed by atoms with van der Waals surface area (Å²) in [5, 5.41) is 32.7. The summed E-state index contributed by atoms with van der Waals surface area (Å²) < 4.78 is 34.9. The minimum Gasteiger partial charge on any atom is -0.462 e. The smallest absolute Gasteiger partial charge is 0.407 e. The third kappa shape index (κ3) is 15.9. The van der Waals surface area contributed by atoms with Gasteiger partial charge in [-0.15, -0.1) is 11.3 Å². The van der Waals surface area contributed by atoms with Gasteiger partial charge < -0.3 is 40.0 Å². The summed E-state index contributed by atoms with van der Waals surface area (Å²) in [4.78, 5) is 72.7. The zero-order chi connectivity index (χ0) is 58.4. The Kier molecular flexibility index (Phi) is 23.1. The van der Waals surface area contributed by atoms with Gasteiger partial charge >= 0.3 is 18.0 Å². The molecule has 12 atom stereocenters. The molecule has 1 aliphatic heterocycles. The Hall–Kier alpha value is -5.03. The van der Waals surface area contributed by atoms with Gasteiger partial charge in [-0.25, -0.2) is 19.0 Å². The molecule has 1 aromatic rings. The van der Waals surface area contributed by atoms with E-state index < -0.39 is 82.2 Å². The number of ether oxygens (including phenoxy) is 3. The summed E-state index contributed by atoms with van der Waals surface area (Å²) in [5.41, 5.74) is -1.39. The maximum Gasteiger partial charge on any atom is 0.407 e. The van der Waals surface area contributed by atoms with Gasteiger partial charge in [0.15, 0.2) is 17.1 Å². The van der Waals surface area contributed by atoms with Gasteiger partial charge in [0, 0.05) is 66.1 Å². The van der Waals surface area contributed by atoms with E-state index in [1.165, 1.54) is 29.6 Å². The molecule has 16 heteroatoms. The SMILES string of the molecule is CC(/C=C/C(C)=C/[C@@H]1Cc2nc(cs2)[C@@H](C)C[C@@H](NC(=O)OCCCCCCCCCCCNC(=O)[C@@]2(O)[C@H](C)C[C@H]3[C@@H]4CCC5=CC(=O)C=C[C@]5(C)[C@@]4(F)[C@@H](O)C[C@@]32C)CC(=O)O[C@@H](C)C/C(C)=C/C=C\C(=O)O1)=C\CN(C)C. The largest absolute Gasteiger partial charge is 0.462 e. The molecule has 0 unspecified atom stereocenters. The Morgan fingerprint density at radius 1 is 0.925 bits per heavy atom. The molecule has 3 saturated carbocycles. The van der Waals surface area contributed by atoms with Gasteiger partial charge in [0.25, 0.3) is 5.91 Å². The Morgan fingerprint density at radius 3 is 2.33 bits per heavy atom. The van der Waals surface area contributed by atoms with E-state index in [1.807, 2.05) is 79.2 Å². The number of likely N-dealkylation sites (N-methyl/N-ethyl adjacent to an activating group) is 1. The first-order valence-electron chi connectivity index (χ1n) is 29.5. The van der Waals surface area contributed by atoms with Crippen LogP contribution >= 0.6 is 11.3 Å². The lowest BCUT2D eigenvalue weighted by molar-refractivity contribution is -0.219. The normalized spacial score (nSPS) is 33.6. The van der Waals surface area contributed by atoms with Crippen LogP contribution < -0.4 is 10.6 Å². The van der Waals surface area contributed by atoms with Crippen LogP contribution in [0.3, 0.4) is 0 Å². The number of hydrogen-bond acceptors (Lipinski definition) is 13. The number of ketones is 1. The van der Waals surface area contributed by atoms with Crippen molar-refractivity contribution in [3.05, 3.63) is 99.1 Å². The van der Waals surface area contributed by atoms with Crippen molar-refractivity contribution >= 4 is 41.1 Å². The zero-order valence-electron chi connectivity index (χ0n) is 49.5. The lowest BCUT2D eigenvalue weighted by Gasteiger charge is -2.62. The van der Waals surface area contributed by atoms with Gasteiger partial charge in [0.1, 0.15) is 12.2 Å². The van der Waals surface area contributed by atoms with Gasteiger partial charge in [-0.3, -0.25) is 14.4 Å². The molecule has 2 bridgehead atoms. The molecule has 6 rings (SSSR count). The maximum atomic E-state index is 17.5. The van der Waals surface area contributed by atoms with Crippen molar-refractivity contribution < 1.29 is 52.8 Å². The summed E-state index contributed by atoms with van der Waals surface area (Å²) in [6, 6.07) is -0.566. The first-order chi connectivity index (χ1) is 37.9. The number of cyclic esters (lactones) is 2. The van der Waals surface area contributed by atoms with Crippen LogP contribution in [0.2, 0.25) is 0 Å². The van der Waals surface area contributed by atoms with E-state index in [0.717, 1.165) is 85.3 Å². The monoisotopic (exact) mass is 1130 g/mol. The van der Waals surface area contributed by atoms with Crippen LogP contribution in [0.4, 0.5) is 9.18 Å². The standard InChI is InChI=1S/C64H93FN4O10S/c1-42(28-31-69(9)10)23-24-44(3)34-51-39-56-68-54(41-80-56)45(4)35-49(38-58(73)78-47(6)33-43(2)21-20-22-57(72)79-51)67-60(75)77-32-19-17-15-13-11-12-14-16-18-30-66-59(74)64(76)46(5)36-53-52-26-25-48-37-50(70)27-29-61(48,7)63(52,65)55(71)40-62(53,64)8/h20-24,27-29,34,37,41,45-47,49,51-53,55,71,76H,11-19,25-26,30-33,35-36,38-40H2,1-10H3,(H,66,74)(H,67,75)/b22-20-,24-23+,42-28+,43-21+,44-34+/t45-,46+,47-,49+,51+,52-,53-,55-,61-,62-,63-,64-/m0/s1. The number of alkyl carbamates (subject to hydrolysis) is 1. The zero-order valence-corrected chi connectivity index (χ0v) is 50.3. The van der Waals surface area contributed by atoms with Crippen molar-refractivity contribution in [3.63, 3.8) is 0 Å². The average molecular weight is 1130 g/mol. The Balaban J connectivity index is 0.907. The molecule has 5 aliphatic rings. The highest BCUT2D eigenvalue weighted by Crippen LogP contribution is 2.70. The van der Waals surface area contributed by atoms with Crippen LogP contribution in [0.15, 0.2) is 88.4 Å². The highest BCUT2D eigenvalue weighted by molar-refractivity contribution is 7.09. The van der Waals surface area contributed by atoms with Crippen LogP contribution in [0.1, 0.15) is 175 Å². The number of fused-ring (bicyclic) bond motifs is 7. The van der Waals surface area contributed by atoms with Crippen LogP contribution in [0, 0.1) is 28.6 Å². The van der Waals surface area contributed by atoms with Gasteiger partial charge in [0.05, 0.1) is 29.8 Å². The first-order valence-corrected chi connectivity index (χ1v) is 30.4. The summed E-state index contributed by atoms with van der Waals surface area (Å²) in [6.45, 7) is 16.8. The number of unbranched alkanes of at least 4 members (excludes halogenated alkanes) is 8. The summed E-state index contributed by atoms with van der Waals surface area (Å²) in [5.74, 6) is -2.94. The lowest BCUT2D eigenvalue weighted by Crippen LogP contribution is -2.70. The number of aromatic nitrogens is 1. The molecular weight excluding hydrogens is 1040 g/mol. The average Bonchev–Trinajstić information content (AvgIpc) is 4.04. The topological polar surface area (TPSA) is 194 Å². The number of thiazole rings is 1. The van der Waals surface area contributed by atoms with E-state index in [1.54, 1.807) is 25.2 Å². The van der Waals surface area contributed by atoms with Crippen molar-refractivity contribution in [1.82, 2.24) is 20.5 Å². The van der Waals surface area contributed by atoms with Crippen LogP contribution in [-0.2, 0) is 39.8 Å². The van der Waals surface area contributed by atoms with Gasteiger partial charge in [-0.2, -0.15) is 0 Å². The molecule has 3 fully saturated rings. The van der Waals surface area contributed by atoms with Gasteiger partial charge in [-0.1, -0.05) is 124 Å². The quantitative estimate of drug-likeness (QED) is 0.0444. The van der Waals surface area contributed by atoms with Crippen LogP contribution in [-0.4, -0.2) is 119 Å². The number of aliphatic hydroxyl groups excluding tert-OH is 1. The fourth-order valence-electron chi connectivity index (χ4n) is 13.4. The number of carbonyl (C=O) groups excluding carboxylic acids is 5. The Labute approximate surface area is 479 Å². The van der Waals surface area contributed by atoms with E-state index in [-0.39, 0.29) is 37.1 Å². The maximum absolute atomic E-state index is 17.5. The molecule has 1 aromatic heterocycles. The summed E-state index contributed by atoms with van der Waals surface area (Å²) in [7, 11) is 4.05. The molecule has 2 amide bonds. The predicted octanol–water partition coefficient (Wildman–Crippen LogP) is 11.4. The molecule has 2 heterocycles. The molecule has 4 N–H and O–H groups in total.